The molecule has 1 heterocycles. The van der Waals surface area contributed by atoms with Crippen molar-refractivity contribution in [2.75, 3.05) is 27.2 Å². The van der Waals surface area contributed by atoms with Crippen molar-refractivity contribution in [2.24, 2.45) is 0 Å². The zero-order chi connectivity index (χ0) is 12.1. The van der Waals surface area contributed by atoms with Gasteiger partial charge in [0.05, 0.1) is 0 Å². The fourth-order valence-corrected chi connectivity index (χ4v) is 2.43. The minimum atomic E-state index is -0.678. The highest BCUT2D eigenvalue weighted by Crippen LogP contribution is 2.18. The molecule has 0 aliphatic carbocycles. The van der Waals surface area contributed by atoms with E-state index >= 15 is 0 Å². The zero-order valence-corrected chi connectivity index (χ0v) is 10.6. The summed E-state index contributed by atoms with van der Waals surface area (Å²) >= 11 is 0. The molecule has 4 heteroatoms. The fraction of sp³-hybridized carbons (Fsp3) is 0.917. The normalized spacial score (nSPS) is 21.2. The van der Waals surface area contributed by atoms with E-state index in [9.17, 15) is 9.90 Å². The van der Waals surface area contributed by atoms with Gasteiger partial charge in [-0.3, -0.25) is 9.69 Å². The number of carbonyl (C=O) groups is 1. The first kappa shape index (κ1) is 13.5. The number of nitrogens with zero attached hydrogens (tertiary/aromatic N) is 2. The molecule has 0 radical (unpaired) electrons. The summed E-state index contributed by atoms with van der Waals surface area (Å²) in [6, 6.07) is 0.127. The lowest BCUT2D eigenvalue weighted by Crippen LogP contribution is -2.49. The van der Waals surface area contributed by atoms with E-state index in [1.165, 1.54) is 0 Å². The van der Waals surface area contributed by atoms with Gasteiger partial charge < -0.3 is 10.0 Å². The molecule has 4 nitrogen and oxygen atoms in total. The molecular weight excluding hydrogens is 204 g/mol. The van der Waals surface area contributed by atoms with Crippen LogP contribution >= 0.6 is 0 Å². The quantitative estimate of drug-likeness (QED) is 0.769. The van der Waals surface area contributed by atoms with E-state index in [0.29, 0.717) is 6.04 Å². The van der Waals surface area contributed by atoms with Crippen molar-refractivity contribution in [3.63, 3.8) is 0 Å². The summed E-state index contributed by atoms with van der Waals surface area (Å²) in [6.45, 7) is 4.19. The van der Waals surface area contributed by atoms with Crippen LogP contribution in [0.5, 0.6) is 0 Å². The van der Waals surface area contributed by atoms with E-state index in [0.717, 1.165) is 38.8 Å². The van der Waals surface area contributed by atoms with E-state index in [-0.39, 0.29) is 6.04 Å². The Kier molecular flexibility index (Phi) is 5.22. The lowest BCUT2D eigenvalue weighted by atomic mass is 10.0. The summed E-state index contributed by atoms with van der Waals surface area (Å²) < 4.78 is 0. The van der Waals surface area contributed by atoms with Gasteiger partial charge in [-0.25, -0.2) is 0 Å². The molecular formula is C12H24N2O2. The zero-order valence-electron chi connectivity index (χ0n) is 10.6. The maximum Gasteiger partial charge on any atom is 0.320 e. The topological polar surface area (TPSA) is 43.8 Å². The number of likely N-dealkylation sites (N-methyl/N-ethyl adjacent to an activating group) is 1. The van der Waals surface area contributed by atoms with Crippen LogP contribution in [0.15, 0.2) is 0 Å². The second kappa shape index (κ2) is 6.21. The number of carboxylic acids is 1. The Morgan fingerprint density at radius 2 is 2.06 bits per heavy atom. The number of hydrogen-bond donors (Lipinski definition) is 1. The molecule has 0 aromatic rings. The third-order valence-corrected chi connectivity index (χ3v) is 3.60. The molecule has 0 spiro atoms. The van der Waals surface area contributed by atoms with Crippen LogP contribution in [0.2, 0.25) is 0 Å². The summed E-state index contributed by atoms with van der Waals surface area (Å²) in [5, 5.41) is 9.21. The van der Waals surface area contributed by atoms with Crippen LogP contribution < -0.4 is 0 Å². The SMILES string of the molecule is CCCC(C(=O)O)N(C)C1CCN(C)CC1. The van der Waals surface area contributed by atoms with Crippen LogP contribution in [0.3, 0.4) is 0 Å². The lowest BCUT2D eigenvalue weighted by Gasteiger charge is -2.37. The highest BCUT2D eigenvalue weighted by Gasteiger charge is 2.29. The Morgan fingerprint density at radius 1 is 1.50 bits per heavy atom. The molecule has 0 aromatic heterocycles. The van der Waals surface area contributed by atoms with E-state index < -0.39 is 5.97 Å². The smallest absolute Gasteiger partial charge is 0.320 e. The third kappa shape index (κ3) is 3.46. The first-order chi connectivity index (χ1) is 7.56. The van der Waals surface area contributed by atoms with Gasteiger partial charge in [-0.1, -0.05) is 13.3 Å². The van der Waals surface area contributed by atoms with Gasteiger partial charge in [0.2, 0.25) is 0 Å². The number of rotatable bonds is 5. The highest BCUT2D eigenvalue weighted by atomic mass is 16.4. The number of hydrogen-bond acceptors (Lipinski definition) is 3. The predicted octanol–water partition coefficient (Wildman–Crippen LogP) is 1.27. The van der Waals surface area contributed by atoms with Crippen LogP contribution in [-0.4, -0.2) is 60.1 Å². The lowest BCUT2D eigenvalue weighted by molar-refractivity contribution is -0.144. The monoisotopic (exact) mass is 228 g/mol. The van der Waals surface area contributed by atoms with Gasteiger partial charge in [0.25, 0.3) is 0 Å². The Hall–Kier alpha value is -0.610. The van der Waals surface area contributed by atoms with Crippen molar-refractivity contribution in [1.82, 2.24) is 9.80 Å². The van der Waals surface area contributed by atoms with Crippen molar-refractivity contribution in [2.45, 2.75) is 44.7 Å². The van der Waals surface area contributed by atoms with Crippen LogP contribution in [0.1, 0.15) is 32.6 Å². The molecule has 0 saturated carbocycles. The number of likely N-dealkylation sites (tertiary alicyclic amines) is 1. The number of carboxylic acid groups (broad SMARTS) is 1. The first-order valence-electron chi connectivity index (χ1n) is 6.19. The minimum Gasteiger partial charge on any atom is -0.480 e. The summed E-state index contributed by atoms with van der Waals surface area (Å²) in [4.78, 5) is 15.6. The molecule has 94 valence electrons. The molecule has 1 aliphatic heterocycles. The highest BCUT2D eigenvalue weighted by molar-refractivity contribution is 5.73. The Labute approximate surface area is 98.2 Å². The minimum absolute atomic E-state index is 0.307. The third-order valence-electron chi connectivity index (χ3n) is 3.60. The van der Waals surface area contributed by atoms with Crippen molar-refractivity contribution in [3.05, 3.63) is 0 Å². The molecule has 1 atom stereocenters. The molecule has 1 aliphatic rings. The second-order valence-electron chi connectivity index (χ2n) is 4.84. The van der Waals surface area contributed by atoms with Gasteiger partial charge in [-0.15, -0.1) is 0 Å². The number of aliphatic carboxylic acids is 1. The molecule has 0 amide bonds. The Bertz CT molecular complexity index is 225. The molecule has 1 rings (SSSR count). The largest absolute Gasteiger partial charge is 0.480 e. The molecule has 0 bridgehead atoms. The van der Waals surface area contributed by atoms with Gasteiger partial charge in [-0.2, -0.15) is 0 Å². The maximum absolute atomic E-state index is 11.2. The van der Waals surface area contributed by atoms with Gasteiger partial charge in [0.15, 0.2) is 0 Å². The maximum atomic E-state index is 11.2. The fourth-order valence-electron chi connectivity index (χ4n) is 2.43. The molecule has 1 saturated heterocycles. The summed E-state index contributed by atoms with van der Waals surface area (Å²) in [5.41, 5.74) is 0. The standard InChI is InChI=1S/C12H24N2O2/c1-4-5-11(12(15)16)14(3)10-6-8-13(2)9-7-10/h10-11H,4-9H2,1-3H3,(H,15,16). The van der Waals surface area contributed by atoms with Gasteiger partial charge >= 0.3 is 5.97 Å². The summed E-state index contributed by atoms with van der Waals surface area (Å²) in [6.07, 6.45) is 3.84. The van der Waals surface area contributed by atoms with E-state index in [1.54, 1.807) is 0 Å². The van der Waals surface area contributed by atoms with Crippen LogP contribution in [0.4, 0.5) is 0 Å². The first-order valence-corrected chi connectivity index (χ1v) is 6.19. The van der Waals surface area contributed by atoms with Gasteiger partial charge in [0.1, 0.15) is 6.04 Å². The van der Waals surface area contributed by atoms with Gasteiger partial charge in [-0.05, 0) is 46.4 Å². The van der Waals surface area contributed by atoms with Crippen molar-refractivity contribution in [1.29, 1.82) is 0 Å². The average Bonchev–Trinajstić information content (AvgIpc) is 2.25. The van der Waals surface area contributed by atoms with Crippen LogP contribution in [-0.2, 0) is 4.79 Å². The van der Waals surface area contributed by atoms with Crippen molar-refractivity contribution >= 4 is 5.97 Å². The van der Waals surface area contributed by atoms with E-state index in [1.807, 2.05) is 14.0 Å². The van der Waals surface area contributed by atoms with E-state index in [2.05, 4.69) is 16.8 Å². The Morgan fingerprint density at radius 3 is 2.50 bits per heavy atom. The molecule has 1 fully saturated rings. The predicted molar refractivity (Wildman–Crippen MR) is 64.6 cm³/mol. The van der Waals surface area contributed by atoms with Crippen molar-refractivity contribution in [3.8, 4) is 0 Å². The van der Waals surface area contributed by atoms with Crippen LogP contribution in [0, 0.1) is 0 Å². The van der Waals surface area contributed by atoms with Gasteiger partial charge in [0, 0.05) is 6.04 Å². The summed E-state index contributed by atoms with van der Waals surface area (Å²) in [5.74, 6) is -0.678. The molecule has 16 heavy (non-hydrogen) atoms. The molecule has 1 N–H and O–H groups in total. The summed E-state index contributed by atoms with van der Waals surface area (Å²) in [7, 11) is 4.08. The Balaban J connectivity index is 2.53. The second-order valence-corrected chi connectivity index (χ2v) is 4.84. The number of piperidine rings is 1. The molecule has 1 unspecified atom stereocenters. The van der Waals surface area contributed by atoms with Crippen LogP contribution in [0.25, 0.3) is 0 Å². The average molecular weight is 228 g/mol. The van der Waals surface area contributed by atoms with Crippen molar-refractivity contribution < 1.29 is 9.90 Å². The van der Waals surface area contributed by atoms with E-state index in [4.69, 9.17) is 0 Å². The molecule has 0 aromatic carbocycles.